The van der Waals surface area contributed by atoms with Gasteiger partial charge < -0.3 is 25.3 Å². The number of carbonyl (C=O) groups is 2. The summed E-state index contributed by atoms with van der Waals surface area (Å²) in [5.74, 6) is 0.564. The third-order valence-electron chi connectivity index (χ3n) is 6.05. The molecule has 4 rings (SSSR count). The SMILES string of the molecule is O=C(O)CCNC(=O)N/C(=N\c1ccc(OC2=NOC3CC=CCC23)cc1)NCC1=CCC(Cl)CC1. The second kappa shape index (κ2) is 12.4. The molecule has 3 unspecified atom stereocenters. The van der Waals surface area contributed by atoms with E-state index in [-0.39, 0.29) is 36.3 Å². The highest BCUT2D eigenvalue weighted by Gasteiger charge is 2.36. The zero-order chi connectivity index (χ0) is 25.3. The maximum atomic E-state index is 12.3. The van der Waals surface area contributed by atoms with Crippen molar-refractivity contribution in [1.82, 2.24) is 16.0 Å². The molecule has 2 amide bonds. The highest BCUT2D eigenvalue weighted by molar-refractivity contribution is 6.20. The van der Waals surface area contributed by atoms with Gasteiger partial charge in [0.1, 0.15) is 11.9 Å². The van der Waals surface area contributed by atoms with Crippen LogP contribution in [-0.2, 0) is 9.63 Å². The fourth-order valence-corrected chi connectivity index (χ4v) is 4.24. The molecule has 10 nitrogen and oxygen atoms in total. The first-order valence-electron chi connectivity index (χ1n) is 12.0. The number of nitrogens with one attached hydrogen (secondary N) is 3. The van der Waals surface area contributed by atoms with Gasteiger partial charge in [0, 0.05) is 24.9 Å². The van der Waals surface area contributed by atoms with Crippen LogP contribution in [0.25, 0.3) is 0 Å². The molecule has 0 fully saturated rings. The summed E-state index contributed by atoms with van der Waals surface area (Å²) < 4.78 is 5.95. The lowest BCUT2D eigenvalue weighted by Gasteiger charge is -2.19. The Hall–Kier alpha value is -3.53. The molecular weight excluding hydrogens is 486 g/mol. The monoisotopic (exact) mass is 515 g/mol. The van der Waals surface area contributed by atoms with Crippen LogP contribution in [0.1, 0.15) is 38.5 Å². The van der Waals surface area contributed by atoms with E-state index in [1.807, 2.05) is 0 Å². The number of halogens is 1. The van der Waals surface area contributed by atoms with Crippen LogP contribution in [0.3, 0.4) is 0 Å². The Labute approximate surface area is 214 Å². The highest BCUT2D eigenvalue weighted by Crippen LogP contribution is 2.30. The first-order chi connectivity index (χ1) is 17.5. The minimum absolute atomic E-state index is 0.00793. The molecule has 1 heterocycles. The van der Waals surface area contributed by atoms with Gasteiger partial charge in [-0.25, -0.2) is 9.79 Å². The van der Waals surface area contributed by atoms with Crippen LogP contribution < -0.4 is 20.7 Å². The number of carboxylic acids is 1. The van der Waals surface area contributed by atoms with Crippen LogP contribution in [0.15, 0.2) is 58.2 Å². The number of benzene rings is 1. The van der Waals surface area contributed by atoms with E-state index in [1.165, 1.54) is 5.57 Å². The fourth-order valence-electron chi connectivity index (χ4n) is 4.05. The first kappa shape index (κ1) is 25.6. The van der Waals surface area contributed by atoms with Crippen molar-refractivity contribution in [2.24, 2.45) is 16.1 Å². The van der Waals surface area contributed by atoms with Gasteiger partial charge in [0.25, 0.3) is 0 Å². The van der Waals surface area contributed by atoms with E-state index >= 15 is 0 Å². The van der Waals surface area contributed by atoms with Crippen LogP contribution in [0.4, 0.5) is 10.5 Å². The van der Waals surface area contributed by atoms with Gasteiger partial charge in [-0.15, -0.1) is 11.6 Å². The number of aliphatic carboxylic acids is 1. The Morgan fingerprint density at radius 1 is 1.17 bits per heavy atom. The summed E-state index contributed by atoms with van der Waals surface area (Å²) in [4.78, 5) is 33.0. The summed E-state index contributed by atoms with van der Waals surface area (Å²) >= 11 is 6.17. The van der Waals surface area contributed by atoms with E-state index in [0.29, 0.717) is 23.9 Å². The van der Waals surface area contributed by atoms with Gasteiger partial charge in [-0.2, -0.15) is 0 Å². The number of hydrogen-bond acceptors (Lipinski definition) is 6. The number of alkyl halides is 1. The van der Waals surface area contributed by atoms with Crippen molar-refractivity contribution in [2.45, 2.75) is 50.0 Å². The zero-order valence-electron chi connectivity index (χ0n) is 19.8. The van der Waals surface area contributed by atoms with Gasteiger partial charge in [-0.05, 0) is 49.9 Å². The third-order valence-corrected chi connectivity index (χ3v) is 6.45. The number of hydrogen-bond donors (Lipinski definition) is 4. The Morgan fingerprint density at radius 3 is 2.72 bits per heavy atom. The lowest BCUT2D eigenvalue weighted by Crippen LogP contribution is -2.46. The number of oxime groups is 1. The molecule has 0 saturated heterocycles. The minimum Gasteiger partial charge on any atom is -0.481 e. The largest absolute Gasteiger partial charge is 0.481 e. The number of rotatable bonds is 7. The molecule has 3 aliphatic rings. The van der Waals surface area contributed by atoms with Gasteiger partial charge >= 0.3 is 12.0 Å². The Balaban J connectivity index is 1.39. The van der Waals surface area contributed by atoms with Crippen LogP contribution in [-0.4, -0.2) is 53.5 Å². The average molecular weight is 516 g/mol. The van der Waals surface area contributed by atoms with Gasteiger partial charge in [0.05, 0.1) is 18.0 Å². The number of ether oxygens (including phenoxy) is 1. The zero-order valence-corrected chi connectivity index (χ0v) is 20.5. The van der Waals surface area contributed by atoms with Crippen LogP contribution in [0.2, 0.25) is 0 Å². The smallest absolute Gasteiger partial charge is 0.321 e. The van der Waals surface area contributed by atoms with E-state index in [4.69, 9.17) is 26.3 Å². The molecule has 1 aliphatic heterocycles. The molecule has 36 heavy (non-hydrogen) atoms. The molecule has 0 saturated carbocycles. The molecular formula is C25H30ClN5O5. The van der Waals surface area contributed by atoms with Gasteiger partial charge in [0.2, 0.25) is 11.9 Å². The van der Waals surface area contributed by atoms with E-state index < -0.39 is 12.0 Å². The number of aliphatic imine (C=N–C) groups is 1. The van der Waals surface area contributed by atoms with Gasteiger partial charge in [-0.3, -0.25) is 10.1 Å². The second-order valence-corrected chi connectivity index (χ2v) is 9.41. The van der Waals surface area contributed by atoms with E-state index in [2.05, 4.69) is 44.3 Å². The van der Waals surface area contributed by atoms with Crippen molar-refractivity contribution < 1.29 is 24.3 Å². The van der Waals surface area contributed by atoms with Crippen molar-refractivity contribution in [2.75, 3.05) is 13.1 Å². The van der Waals surface area contributed by atoms with Crippen molar-refractivity contribution in [3.8, 4) is 5.75 Å². The summed E-state index contributed by atoms with van der Waals surface area (Å²) in [6.07, 6.45) is 10.4. The fraction of sp³-hybridized carbons (Fsp3) is 0.440. The van der Waals surface area contributed by atoms with Crippen LogP contribution in [0.5, 0.6) is 5.75 Å². The number of guanidine groups is 1. The van der Waals surface area contributed by atoms with E-state index in [9.17, 15) is 9.59 Å². The number of fused-ring (bicyclic) bond motifs is 1. The third kappa shape index (κ3) is 7.48. The lowest BCUT2D eigenvalue weighted by atomic mass is 9.92. The lowest BCUT2D eigenvalue weighted by molar-refractivity contribution is -0.136. The molecule has 4 N–H and O–H groups in total. The molecule has 3 atom stereocenters. The second-order valence-electron chi connectivity index (χ2n) is 8.79. The average Bonchev–Trinajstić information content (AvgIpc) is 3.27. The number of carbonyl (C=O) groups excluding carboxylic acids is 1. The molecule has 11 heteroatoms. The molecule has 0 bridgehead atoms. The van der Waals surface area contributed by atoms with E-state index in [0.717, 1.165) is 32.1 Å². The standard InChI is InChI=1S/C25H30ClN5O5/c26-17-7-5-16(6-8-17)15-28-24(30-25(34)27-14-13-22(32)33)29-18-9-11-19(12-10-18)35-23-20-3-1-2-4-21(20)36-31-23/h1-2,5,9-12,17,20-21H,3-4,6-8,13-15H2,(H,32,33)(H3,27,28,29,30,34). The summed E-state index contributed by atoms with van der Waals surface area (Å²) in [5, 5.41) is 21.4. The van der Waals surface area contributed by atoms with Crippen LogP contribution >= 0.6 is 11.6 Å². The Kier molecular flexibility index (Phi) is 8.83. The molecule has 0 spiro atoms. The van der Waals surface area contributed by atoms with Crippen molar-refractivity contribution in [3.05, 3.63) is 48.1 Å². The summed E-state index contributed by atoms with van der Waals surface area (Å²) in [6, 6.07) is 6.56. The first-order valence-corrected chi connectivity index (χ1v) is 12.5. The molecule has 1 aromatic rings. The number of allylic oxidation sites excluding steroid dienone is 2. The Bertz CT molecular complexity index is 1070. The molecule has 2 aliphatic carbocycles. The normalized spacial score (nSPS) is 23.0. The topological polar surface area (TPSA) is 134 Å². The predicted octanol–water partition coefficient (Wildman–Crippen LogP) is 3.81. The molecule has 1 aromatic carbocycles. The maximum Gasteiger partial charge on any atom is 0.321 e. The van der Waals surface area contributed by atoms with E-state index in [1.54, 1.807) is 24.3 Å². The maximum absolute atomic E-state index is 12.3. The van der Waals surface area contributed by atoms with Crippen LogP contribution in [0, 0.1) is 5.92 Å². The number of amides is 2. The van der Waals surface area contributed by atoms with Gasteiger partial charge in [-0.1, -0.05) is 29.0 Å². The molecule has 0 radical (unpaired) electrons. The summed E-state index contributed by atoms with van der Waals surface area (Å²) in [6.45, 7) is 0.518. The Morgan fingerprint density at radius 2 is 1.97 bits per heavy atom. The summed E-state index contributed by atoms with van der Waals surface area (Å²) in [5.41, 5.74) is 1.78. The number of carboxylic acid groups (broad SMARTS) is 1. The number of urea groups is 1. The van der Waals surface area contributed by atoms with Crippen molar-refractivity contribution in [3.63, 3.8) is 0 Å². The molecule has 0 aromatic heterocycles. The number of nitrogens with zero attached hydrogens (tertiary/aromatic N) is 2. The predicted molar refractivity (Wildman–Crippen MR) is 137 cm³/mol. The van der Waals surface area contributed by atoms with Gasteiger partial charge in [0.15, 0.2) is 0 Å². The van der Waals surface area contributed by atoms with Crippen molar-refractivity contribution >= 4 is 41.1 Å². The molecule has 192 valence electrons. The highest BCUT2D eigenvalue weighted by atomic mass is 35.5. The quantitative estimate of drug-likeness (QED) is 0.189. The van der Waals surface area contributed by atoms with Crippen molar-refractivity contribution in [1.29, 1.82) is 0 Å². The summed E-state index contributed by atoms with van der Waals surface area (Å²) in [7, 11) is 0. The minimum atomic E-state index is -0.989.